The summed E-state index contributed by atoms with van der Waals surface area (Å²) in [6.45, 7) is 7.22. The smallest absolute Gasteiger partial charge is 0.408 e. The molecule has 0 aromatic heterocycles. The van der Waals surface area contributed by atoms with E-state index in [9.17, 15) is 9.59 Å². The van der Waals surface area contributed by atoms with Crippen molar-refractivity contribution in [3.05, 3.63) is 59.1 Å². The minimum Gasteiger partial charge on any atom is -0.495 e. The normalized spacial score (nSPS) is 13.1. The zero-order valence-corrected chi connectivity index (χ0v) is 19.2. The molecule has 2 rings (SSSR count). The van der Waals surface area contributed by atoms with E-state index in [1.54, 1.807) is 45.9 Å². The van der Waals surface area contributed by atoms with Gasteiger partial charge in [-0.25, -0.2) is 4.79 Å². The van der Waals surface area contributed by atoms with E-state index in [4.69, 9.17) is 25.8 Å². The molecule has 2 aromatic rings. The summed E-state index contributed by atoms with van der Waals surface area (Å²) in [4.78, 5) is 25.5. The first-order valence-electron chi connectivity index (χ1n) is 9.88. The predicted octanol–water partition coefficient (Wildman–Crippen LogP) is 4.79. The highest BCUT2D eigenvalue weighted by molar-refractivity contribution is 6.31. The third-order valence-electron chi connectivity index (χ3n) is 4.20. The van der Waals surface area contributed by atoms with E-state index in [-0.39, 0.29) is 6.61 Å². The predicted molar refractivity (Wildman–Crippen MR) is 120 cm³/mol. The largest absolute Gasteiger partial charge is 0.495 e. The highest BCUT2D eigenvalue weighted by Gasteiger charge is 2.30. The van der Waals surface area contributed by atoms with Crippen molar-refractivity contribution in [1.82, 2.24) is 5.32 Å². The maximum absolute atomic E-state index is 13.1. The number of hydrogen-bond acceptors (Lipinski definition) is 5. The second-order valence-corrected chi connectivity index (χ2v) is 8.40. The summed E-state index contributed by atoms with van der Waals surface area (Å²) in [6.07, 6.45) is -1.38. The summed E-state index contributed by atoms with van der Waals surface area (Å²) in [5.74, 6) is -0.0568. The molecule has 7 nitrogen and oxygen atoms in total. The molecular weight excluding hydrogens is 420 g/mol. The maximum Gasteiger partial charge on any atom is 0.408 e. The lowest BCUT2D eigenvalue weighted by Gasteiger charge is -2.27. The van der Waals surface area contributed by atoms with E-state index < -0.39 is 29.7 Å². The van der Waals surface area contributed by atoms with E-state index in [0.717, 1.165) is 5.56 Å². The number of nitrogens with one attached hydrogen (secondary N) is 2. The first kappa shape index (κ1) is 24.5. The number of hydrogen-bond donors (Lipinski definition) is 2. The number of ether oxygens (including phenoxy) is 3. The standard InChI is InChI=1S/C23H29ClN2O5/c1-15(30-14-16-9-7-6-8-10-16)20(26-22(28)31-23(2,3)4)21(27)25-18-13-17(24)11-12-19(18)29-5/h6-13,15,20H,14H2,1-5H3,(H,25,27)(H,26,28)/t15-,20+/m0/s1. The zero-order chi connectivity index (χ0) is 23.0. The molecule has 0 aliphatic rings. The van der Waals surface area contributed by atoms with E-state index >= 15 is 0 Å². The Hall–Kier alpha value is -2.77. The van der Waals surface area contributed by atoms with Crippen LogP contribution in [0.2, 0.25) is 5.02 Å². The number of rotatable bonds is 8. The van der Waals surface area contributed by atoms with Crippen LogP contribution in [0.4, 0.5) is 10.5 Å². The average molecular weight is 449 g/mol. The van der Waals surface area contributed by atoms with Gasteiger partial charge in [-0.05, 0) is 51.5 Å². The topological polar surface area (TPSA) is 85.9 Å². The fraction of sp³-hybridized carbons (Fsp3) is 0.391. The van der Waals surface area contributed by atoms with Crippen LogP contribution in [-0.4, -0.2) is 36.9 Å². The summed E-state index contributed by atoms with van der Waals surface area (Å²) < 4.78 is 16.5. The van der Waals surface area contributed by atoms with Gasteiger partial charge in [0.15, 0.2) is 0 Å². The molecule has 0 fully saturated rings. The van der Waals surface area contributed by atoms with Gasteiger partial charge in [-0.3, -0.25) is 4.79 Å². The molecule has 0 saturated heterocycles. The molecule has 2 atom stereocenters. The lowest BCUT2D eigenvalue weighted by molar-refractivity contribution is -0.122. The van der Waals surface area contributed by atoms with Crippen molar-refractivity contribution < 1.29 is 23.8 Å². The highest BCUT2D eigenvalue weighted by Crippen LogP contribution is 2.28. The van der Waals surface area contributed by atoms with Crippen LogP contribution in [0.25, 0.3) is 0 Å². The lowest BCUT2D eigenvalue weighted by Crippen LogP contribution is -2.52. The molecular formula is C23H29ClN2O5. The number of carbonyl (C=O) groups is 2. The molecule has 0 unspecified atom stereocenters. The van der Waals surface area contributed by atoms with E-state index in [1.165, 1.54) is 7.11 Å². The van der Waals surface area contributed by atoms with Crippen LogP contribution in [0.1, 0.15) is 33.3 Å². The van der Waals surface area contributed by atoms with Gasteiger partial charge in [-0.1, -0.05) is 41.9 Å². The van der Waals surface area contributed by atoms with Gasteiger partial charge in [-0.2, -0.15) is 0 Å². The molecule has 2 N–H and O–H groups in total. The van der Waals surface area contributed by atoms with Crippen molar-refractivity contribution in [1.29, 1.82) is 0 Å². The number of carbonyl (C=O) groups excluding carboxylic acids is 2. The summed E-state index contributed by atoms with van der Waals surface area (Å²) in [5.41, 5.74) is 0.614. The van der Waals surface area contributed by atoms with Gasteiger partial charge in [-0.15, -0.1) is 0 Å². The molecule has 0 radical (unpaired) electrons. The quantitative estimate of drug-likeness (QED) is 0.606. The van der Waals surface area contributed by atoms with Crippen molar-refractivity contribution >= 4 is 29.3 Å². The van der Waals surface area contributed by atoms with Crippen molar-refractivity contribution in [3.8, 4) is 5.75 Å². The molecule has 168 valence electrons. The van der Waals surface area contributed by atoms with Crippen LogP contribution in [-0.2, 0) is 20.9 Å². The van der Waals surface area contributed by atoms with Gasteiger partial charge in [0, 0.05) is 5.02 Å². The number of anilines is 1. The second-order valence-electron chi connectivity index (χ2n) is 7.96. The third kappa shape index (κ3) is 8.11. The molecule has 0 aliphatic heterocycles. The van der Waals surface area contributed by atoms with Crippen molar-refractivity contribution in [2.75, 3.05) is 12.4 Å². The van der Waals surface area contributed by atoms with Crippen molar-refractivity contribution in [3.63, 3.8) is 0 Å². The Bertz CT molecular complexity index is 883. The Morgan fingerprint density at radius 1 is 1.10 bits per heavy atom. The molecule has 0 spiro atoms. The average Bonchev–Trinajstić information content (AvgIpc) is 2.70. The molecule has 0 saturated carbocycles. The van der Waals surface area contributed by atoms with Crippen LogP contribution in [0.5, 0.6) is 5.75 Å². The van der Waals surface area contributed by atoms with Crippen molar-refractivity contribution in [2.45, 2.75) is 52.0 Å². The third-order valence-corrected chi connectivity index (χ3v) is 4.43. The molecule has 0 bridgehead atoms. The molecule has 2 aromatic carbocycles. The first-order chi connectivity index (χ1) is 14.6. The summed E-state index contributed by atoms with van der Waals surface area (Å²) >= 11 is 6.05. The fourth-order valence-corrected chi connectivity index (χ4v) is 2.89. The van der Waals surface area contributed by atoms with Gasteiger partial charge in [0.25, 0.3) is 0 Å². The minimum atomic E-state index is -1.03. The number of halogens is 1. The summed E-state index contributed by atoms with van der Waals surface area (Å²) in [5, 5.41) is 5.79. The maximum atomic E-state index is 13.1. The van der Waals surface area contributed by atoms with Gasteiger partial charge in [0.1, 0.15) is 17.4 Å². The Morgan fingerprint density at radius 2 is 1.77 bits per heavy atom. The lowest BCUT2D eigenvalue weighted by atomic mass is 10.1. The second kappa shape index (κ2) is 11.0. The van der Waals surface area contributed by atoms with Gasteiger partial charge in [0.2, 0.25) is 5.91 Å². The number of amides is 2. The summed E-state index contributed by atoms with van der Waals surface area (Å²) in [7, 11) is 1.49. The van der Waals surface area contributed by atoms with Crippen LogP contribution < -0.4 is 15.4 Å². The SMILES string of the molecule is COc1ccc(Cl)cc1NC(=O)[C@H](NC(=O)OC(C)(C)C)[C@H](C)OCc1ccccc1. The molecule has 8 heteroatoms. The van der Waals surface area contributed by atoms with Crippen LogP contribution >= 0.6 is 11.6 Å². The monoisotopic (exact) mass is 448 g/mol. The highest BCUT2D eigenvalue weighted by atomic mass is 35.5. The van der Waals surface area contributed by atoms with Gasteiger partial charge < -0.3 is 24.8 Å². The molecule has 2 amide bonds. The Balaban J connectivity index is 2.18. The van der Waals surface area contributed by atoms with E-state index in [0.29, 0.717) is 16.5 Å². The Morgan fingerprint density at radius 3 is 2.39 bits per heavy atom. The fourth-order valence-electron chi connectivity index (χ4n) is 2.72. The Labute approximate surface area is 188 Å². The Kier molecular flexibility index (Phi) is 8.71. The van der Waals surface area contributed by atoms with Gasteiger partial charge in [0.05, 0.1) is 25.5 Å². The number of benzene rings is 2. The van der Waals surface area contributed by atoms with Crippen LogP contribution in [0.3, 0.4) is 0 Å². The van der Waals surface area contributed by atoms with E-state index in [2.05, 4.69) is 10.6 Å². The van der Waals surface area contributed by atoms with Crippen LogP contribution in [0.15, 0.2) is 48.5 Å². The summed E-state index contributed by atoms with van der Waals surface area (Å²) in [6, 6.07) is 13.4. The first-order valence-corrected chi connectivity index (χ1v) is 10.3. The van der Waals surface area contributed by atoms with E-state index in [1.807, 2.05) is 30.3 Å². The van der Waals surface area contributed by atoms with Gasteiger partial charge >= 0.3 is 6.09 Å². The molecule has 31 heavy (non-hydrogen) atoms. The van der Waals surface area contributed by atoms with Crippen molar-refractivity contribution in [2.24, 2.45) is 0 Å². The molecule has 0 heterocycles. The van der Waals surface area contributed by atoms with Crippen LogP contribution in [0, 0.1) is 0 Å². The number of methoxy groups -OCH3 is 1. The minimum absolute atomic E-state index is 0.280. The number of alkyl carbamates (subject to hydrolysis) is 1. The zero-order valence-electron chi connectivity index (χ0n) is 18.4. The molecule has 0 aliphatic carbocycles.